The smallest absolute Gasteiger partial charge is 0.152 e. The van der Waals surface area contributed by atoms with Crippen LogP contribution in [-0.2, 0) is 16.4 Å². The molecular formula is C11H16ClN3O2S. The molecular weight excluding hydrogens is 274 g/mol. The highest BCUT2D eigenvalue weighted by Gasteiger charge is 2.31. The molecule has 0 spiro atoms. The second-order valence-electron chi connectivity index (χ2n) is 4.47. The molecule has 1 saturated heterocycles. The van der Waals surface area contributed by atoms with Gasteiger partial charge in [0.1, 0.15) is 5.82 Å². The summed E-state index contributed by atoms with van der Waals surface area (Å²) in [6.45, 7) is 0.267. The highest BCUT2D eigenvalue weighted by molar-refractivity contribution is 7.91. The lowest BCUT2D eigenvalue weighted by molar-refractivity contribution is 0.600. The van der Waals surface area contributed by atoms with Gasteiger partial charge >= 0.3 is 0 Å². The Morgan fingerprint density at radius 3 is 2.83 bits per heavy atom. The number of hydrogen-bond acceptors (Lipinski definition) is 5. The fraction of sp³-hybridized carbons (Fsp3) is 0.545. The monoisotopic (exact) mass is 289 g/mol. The average Bonchev–Trinajstić information content (AvgIpc) is 2.69. The number of pyridine rings is 1. The molecule has 0 aromatic carbocycles. The van der Waals surface area contributed by atoms with Crippen molar-refractivity contribution in [2.45, 2.75) is 19.0 Å². The normalized spacial score (nSPS) is 22.1. The van der Waals surface area contributed by atoms with Crippen LogP contribution in [0.2, 0.25) is 5.02 Å². The molecule has 0 bridgehead atoms. The summed E-state index contributed by atoms with van der Waals surface area (Å²) in [4.78, 5) is 6.25. The number of halogens is 1. The molecule has 5 nitrogen and oxygen atoms in total. The molecule has 1 aromatic rings. The number of hydrogen-bond donors (Lipinski definition) is 1. The second-order valence-corrected chi connectivity index (χ2v) is 7.11. The predicted octanol–water partition coefficient (Wildman–Crippen LogP) is 0.817. The molecule has 1 aromatic heterocycles. The molecule has 2 rings (SSSR count). The Balaban J connectivity index is 2.21. The zero-order valence-corrected chi connectivity index (χ0v) is 11.7. The van der Waals surface area contributed by atoms with E-state index in [2.05, 4.69) is 4.98 Å². The van der Waals surface area contributed by atoms with Crippen molar-refractivity contribution in [3.05, 3.63) is 22.8 Å². The van der Waals surface area contributed by atoms with Gasteiger partial charge in [-0.2, -0.15) is 0 Å². The third-order valence-corrected chi connectivity index (χ3v) is 5.31. The zero-order chi connectivity index (χ0) is 13.3. The van der Waals surface area contributed by atoms with Crippen LogP contribution in [0.1, 0.15) is 12.1 Å². The molecule has 1 aliphatic heterocycles. The van der Waals surface area contributed by atoms with Crippen molar-refractivity contribution < 1.29 is 8.42 Å². The summed E-state index contributed by atoms with van der Waals surface area (Å²) in [5.74, 6) is 1.15. The Labute approximate surface area is 112 Å². The number of nitrogens with two attached hydrogens (primary N) is 1. The summed E-state index contributed by atoms with van der Waals surface area (Å²) in [5.41, 5.74) is 6.18. The van der Waals surface area contributed by atoms with Gasteiger partial charge in [-0.1, -0.05) is 11.6 Å². The first-order valence-electron chi connectivity index (χ1n) is 5.71. The van der Waals surface area contributed by atoms with Gasteiger partial charge in [0.2, 0.25) is 0 Å². The van der Waals surface area contributed by atoms with E-state index < -0.39 is 9.84 Å². The average molecular weight is 290 g/mol. The minimum atomic E-state index is -2.89. The topological polar surface area (TPSA) is 76.3 Å². The zero-order valence-electron chi connectivity index (χ0n) is 10.1. The Hall–Kier alpha value is -0.850. The Morgan fingerprint density at radius 1 is 1.56 bits per heavy atom. The first kappa shape index (κ1) is 13.6. The Kier molecular flexibility index (Phi) is 3.79. The van der Waals surface area contributed by atoms with Crippen molar-refractivity contribution in [2.24, 2.45) is 5.73 Å². The van der Waals surface area contributed by atoms with Crippen molar-refractivity contribution in [2.75, 3.05) is 23.5 Å². The van der Waals surface area contributed by atoms with Gasteiger partial charge in [0.25, 0.3) is 0 Å². The van der Waals surface area contributed by atoms with Gasteiger partial charge in [0.05, 0.1) is 22.2 Å². The molecule has 0 amide bonds. The largest absolute Gasteiger partial charge is 0.356 e. The van der Waals surface area contributed by atoms with Crippen LogP contribution >= 0.6 is 11.6 Å². The molecule has 1 atom stereocenters. The number of aromatic nitrogens is 1. The van der Waals surface area contributed by atoms with Gasteiger partial charge in [-0.05, 0) is 18.6 Å². The van der Waals surface area contributed by atoms with E-state index in [0.29, 0.717) is 23.0 Å². The van der Waals surface area contributed by atoms with Crippen LogP contribution in [0.5, 0.6) is 0 Å². The number of nitrogens with zero attached hydrogens (tertiary/aromatic N) is 2. The van der Waals surface area contributed by atoms with Crippen molar-refractivity contribution >= 4 is 27.3 Å². The summed E-state index contributed by atoms with van der Waals surface area (Å²) in [6.07, 6.45) is 0.640. The Morgan fingerprint density at radius 2 is 2.28 bits per heavy atom. The maximum Gasteiger partial charge on any atom is 0.152 e. The van der Waals surface area contributed by atoms with Crippen LogP contribution in [0.25, 0.3) is 0 Å². The van der Waals surface area contributed by atoms with E-state index >= 15 is 0 Å². The second kappa shape index (κ2) is 5.03. The number of rotatable bonds is 3. The van der Waals surface area contributed by atoms with E-state index in [4.69, 9.17) is 17.3 Å². The fourth-order valence-corrected chi connectivity index (χ4v) is 4.04. The summed E-state index contributed by atoms with van der Waals surface area (Å²) >= 11 is 5.95. The SMILES string of the molecule is CN(c1ccc(Cl)c(CN)n1)C1CCS(=O)(=O)C1. The summed E-state index contributed by atoms with van der Waals surface area (Å²) < 4.78 is 22.9. The molecule has 18 heavy (non-hydrogen) atoms. The lowest BCUT2D eigenvalue weighted by Gasteiger charge is -2.25. The first-order chi connectivity index (χ1) is 8.43. The maximum atomic E-state index is 11.5. The summed E-state index contributed by atoms with van der Waals surface area (Å²) in [7, 11) is -1.04. The third kappa shape index (κ3) is 2.76. The van der Waals surface area contributed by atoms with Crippen molar-refractivity contribution in [1.82, 2.24) is 4.98 Å². The van der Waals surface area contributed by atoms with Crippen LogP contribution < -0.4 is 10.6 Å². The van der Waals surface area contributed by atoms with Gasteiger partial charge in [-0.25, -0.2) is 13.4 Å². The van der Waals surface area contributed by atoms with Gasteiger partial charge in [0, 0.05) is 19.6 Å². The minimum Gasteiger partial charge on any atom is -0.356 e. The molecule has 2 N–H and O–H groups in total. The van der Waals surface area contributed by atoms with Crippen LogP contribution in [0.3, 0.4) is 0 Å². The molecule has 0 aliphatic carbocycles. The Bertz CT molecular complexity index is 547. The van der Waals surface area contributed by atoms with E-state index in [-0.39, 0.29) is 24.1 Å². The lowest BCUT2D eigenvalue weighted by Crippen LogP contribution is -2.33. The third-order valence-electron chi connectivity index (χ3n) is 3.21. The molecule has 7 heteroatoms. The highest BCUT2D eigenvalue weighted by Crippen LogP contribution is 2.23. The van der Waals surface area contributed by atoms with Gasteiger partial charge in [-0.3, -0.25) is 0 Å². The van der Waals surface area contributed by atoms with Crippen LogP contribution in [0.15, 0.2) is 12.1 Å². The summed E-state index contributed by atoms with van der Waals surface area (Å²) in [6, 6.07) is 3.51. The molecule has 1 unspecified atom stereocenters. The van der Waals surface area contributed by atoms with E-state index in [1.165, 1.54) is 0 Å². The number of anilines is 1. The van der Waals surface area contributed by atoms with E-state index in [1.807, 2.05) is 11.9 Å². The van der Waals surface area contributed by atoms with E-state index in [0.717, 1.165) is 0 Å². The van der Waals surface area contributed by atoms with Crippen molar-refractivity contribution in [3.8, 4) is 0 Å². The maximum absolute atomic E-state index is 11.5. The molecule has 0 radical (unpaired) electrons. The van der Waals surface area contributed by atoms with Crippen molar-refractivity contribution in [3.63, 3.8) is 0 Å². The van der Waals surface area contributed by atoms with Crippen LogP contribution in [0.4, 0.5) is 5.82 Å². The molecule has 0 saturated carbocycles. The standard InChI is InChI=1S/C11H16ClN3O2S/c1-15(8-4-5-18(16,17)7-8)11-3-2-9(12)10(6-13)14-11/h2-3,8H,4-7,13H2,1H3. The molecule has 1 aliphatic rings. The highest BCUT2D eigenvalue weighted by atomic mass is 35.5. The lowest BCUT2D eigenvalue weighted by atomic mass is 10.2. The van der Waals surface area contributed by atoms with Crippen molar-refractivity contribution in [1.29, 1.82) is 0 Å². The van der Waals surface area contributed by atoms with Crippen LogP contribution in [0, 0.1) is 0 Å². The minimum absolute atomic E-state index is 0.0192. The predicted molar refractivity (Wildman–Crippen MR) is 72.6 cm³/mol. The summed E-state index contributed by atoms with van der Waals surface area (Å²) in [5, 5.41) is 0.536. The van der Waals surface area contributed by atoms with E-state index in [9.17, 15) is 8.42 Å². The first-order valence-corrected chi connectivity index (χ1v) is 7.91. The van der Waals surface area contributed by atoms with E-state index in [1.54, 1.807) is 12.1 Å². The van der Waals surface area contributed by atoms with Crippen LogP contribution in [-0.4, -0.2) is 38.0 Å². The van der Waals surface area contributed by atoms with Gasteiger partial charge in [-0.15, -0.1) is 0 Å². The molecule has 100 valence electrons. The molecule has 1 fully saturated rings. The quantitative estimate of drug-likeness (QED) is 0.891. The fourth-order valence-electron chi connectivity index (χ4n) is 2.08. The number of sulfone groups is 1. The molecule has 2 heterocycles. The van der Waals surface area contributed by atoms with Gasteiger partial charge in [0.15, 0.2) is 9.84 Å². The van der Waals surface area contributed by atoms with Gasteiger partial charge < -0.3 is 10.6 Å².